The lowest BCUT2D eigenvalue weighted by Crippen LogP contribution is -2.23. The number of para-hydroxylation sites is 1. The van der Waals surface area contributed by atoms with E-state index in [0.717, 1.165) is 27.8 Å². The highest BCUT2D eigenvalue weighted by molar-refractivity contribution is 6.07. The van der Waals surface area contributed by atoms with Gasteiger partial charge in [0.25, 0.3) is 5.91 Å². The van der Waals surface area contributed by atoms with Crippen molar-refractivity contribution < 1.29 is 18.7 Å². The number of rotatable bonds is 4. The van der Waals surface area contributed by atoms with Crippen LogP contribution in [0, 0.1) is 0 Å². The first-order valence-corrected chi connectivity index (χ1v) is 9.37. The Hall–Kier alpha value is -3.80. The first kappa shape index (κ1) is 17.3. The first-order valence-electron chi connectivity index (χ1n) is 9.37. The van der Waals surface area contributed by atoms with E-state index in [2.05, 4.69) is 5.32 Å². The lowest BCUT2D eigenvalue weighted by molar-refractivity contribution is 0.0952. The number of nitrogens with one attached hydrogen (secondary N) is 1. The second-order valence-corrected chi connectivity index (χ2v) is 6.74. The normalized spacial score (nSPS) is 12.7. The second kappa shape index (κ2) is 7.31. The maximum absolute atomic E-state index is 13.0. The molecule has 1 N–H and O–H groups in total. The van der Waals surface area contributed by atoms with Gasteiger partial charge in [0, 0.05) is 23.1 Å². The number of carbonyl (C=O) groups is 1. The SMILES string of the molecule is O=C(NCc1ccoc1)c1cc(-c2ccc3c(c2)OCCO3)nc2ccccc12. The van der Waals surface area contributed by atoms with Gasteiger partial charge in [0.15, 0.2) is 11.5 Å². The fourth-order valence-electron chi connectivity index (χ4n) is 3.38. The van der Waals surface area contributed by atoms with Crippen LogP contribution < -0.4 is 14.8 Å². The van der Waals surface area contributed by atoms with Crippen LogP contribution in [-0.2, 0) is 6.54 Å². The average molecular weight is 386 g/mol. The molecule has 6 nitrogen and oxygen atoms in total. The van der Waals surface area contributed by atoms with Crippen molar-refractivity contribution in [2.24, 2.45) is 0 Å². The van der Waals surface area contributed by atoms with Gasteiger partial charge >= 0.3 is 0 Å². The van der Waals surface area contributed by atoms with E-state index >= 15 is 0 Å². The Kier molecular flexibility index (Phi) is 4.37. The molecule has 144 valence electrons. The number of carbonyl (C=O) groups excluding carboxylic acids is 1. The van der Waals surface area contributed by atoms with Crippen molar-refractivity contribution in [1.82, 2.24) is 10.3 Å². The molecule has 2 aromatic heterocycles. The largest absolute Gasteiger partial charge is 0.486 e. The molecule has 1 aliphatic heterocycles. The van der Waals surface area contributed by atoms with Crippen LogP contribution in [0.5, 0.6) is 11.5 Å². The van der Waals surface area contributed by atoms with E-state index in [1.807, 2.05) is 54.6 Å². The van der Waals surface area contributed by atoms with Crippen LogP contribution in [0.1, 0.15) is 15.9 Å². The van der Waals surface area contributed by atoms with Gasteiger partial charge < -0.3 is 19.2 Å². The van der Waals surface area contributed by atoms with Gasteiger partial charge in [-0.2, -0.15) is 0 Å². The molecule has 2 aromatic carbocycles. The number of nitrogens with zero attached hydrogens (tertiary/aromatic N) is 1. The van der Waals surface area contributed by atoms with Gasteiger partial charge in [0.05, 0.1) is 29.3 Å². The van der Waals surface area contributed by atoms with E-state index in [-0.39, 0.29) is 5.91 Å². The molecule has 0 radical (unpaired) electrons. The van der Waals surface area contributed by atoms with Crippen LogP contribution in [0.4, 0.5) is 0 Å². The smallest absolute Gasteiger partial charge is 0.252 e. The van der Waals surface area contributed by atoms with Crippen LogP contribution in [0.2, 0.25) is 0 Å². The van der Waals surface area contributed by atoms with Gasteiger partial charge in [-0.1, -0.05) is 18.2 Å². The third kappa shape index (κ3) is 3.40. The van der Waals surface area contributed by atoms with Crippen molar-refractivity contribution in [2.45, 2.75) is 6.54 Å². The lowest BCUT2D eigenvalue weighted by atomic mass is 10.0. The molecule has 3 heterocycles. The van der Waals surface area contributed by atoms with Crippen LogP contribution in [0.3, 0.4) is 0 Å². The standard InChI is InChI=1S/C23H18N2O4/c26-23(24-13-15-7-8-27-14-15)18-12-20(25-19-4-2-1-3-17(18)19)16-5-6-21-22(11-16)29-10-9-28-21/h1-8,11-12,14H,9-10,13H2,(H,24,26). The summed E-state index contributed by atoms with van der Waals surface area (Å²) in [5, 5.41) is 3.75. The van der Waals surface area contributed by atoms with Crippen molar-refractivity contribution in [3.63, 3.8) is 0 Å². The summed E-state index contributed by atoms with van der Waals surface area (Å²) in [6.07, 6.45) is 3.20. The minimum absolute atomic E-state index is 0.163. The molecular formula is C23H18N2O4. The van der Waals surface area contributed by atoms with Crippen LogP contribution in [0.25, 0.3) is 22.2 Å². The Balaban J connectivity index is 1.54. The van der Waals surface area contributed by atoms with Gasteiger partial charge in [-0.15, -0.1) is 0 Å². The highest BCUT2D eigenvalue weighted by Gasteiger charge is 2.17. The third-order valence-electron chi connectivity index (χ3n) is 4.83. The van der Waals surface area contributed by atoms with Gasteiger partial charge in [-0.05, 0) is 36.4 Å². The molecule has 4 aromatic rings. The summed E-state index contributed by atoms with van der Waals surface area (Å²) in [5.41, 5.74) is 3.80. The summed E-state index contributed by atoms with van der Waals surface area (Å²) >= 11 is 0. The molecule has 1 amide bonds. The quantitative estimate of drug-likeness (QED) is 0.569. The zero-order chi connectivity index (χ0) is 19.6. The molecule has 29 heavy (non-hydrogen) atoms. The number of furan rings is 1. The number of benzene rings is 2. The van der Waals surface area contributed by atoms with E-state index in [0.29, 0.717) is 36.8 Å². The van der Waals surface area contributed by atoms with Gasteiger partial charge in [0.2, 0.25) is 0 Å². The molecule has 0 fully saturated rings. The number of fused-ring (bicyclic) bond motifs is 2. The zero-order valence-electron chi connectivity index (χ0n) is 15.6. The van der Waals surface area contributed by atoms with E-state index in [9.17, 15) is 4.79 Å². The molecule has 0 saturated carbocycles. The topological polar surface area (TPSA) is 73.6 Å². The third-order valence-corrected chi connectivity index (χ3v) is 4.83. The van der Waals surface area contributed by atoms with E-state index in [1.165, 1.54) is 0 Å². The van der Waals surface area contributed by atoms with E-state index < -0.39 is 0 Å². The Morgan fingerprint density at radius 2 is 1.86 bits per heavy atom. The number of hydrogen-bond acceptors (Lipinski definition) is 5. The number of ether oxygens (including phenoxy) is 2. The van der Waals surface area contributed by atoms with E-state index in [4.69, 9.17) is 18.9 Å². The number of pyridine rings is 1. The fourth-order valence-corrected chi connectivity index (χ4v) is 3.38. The summed E-state index contributed by atoms with van der Waals surface area (Å²) in [6.45, 7) is 1.45. The molecule has 0 bridgehead atoms. The molecule has 5 rings (SSSR count). The monoisotopic (exact) mass is 386 g/mol. The summed E-state index contributed by atoms with van der Waals surface area (Å²) in [5.74, 6) is 1.25. The van der Waals surface area contributed by atoms with Crippen molar-refractivity contribution in [3.05, 3.63) is 78.3 Å². The van der Waals surface area contributed by atoms with Crippen molar-refractivity contribution in [2.75, 3.05) is 13.2 Å². The van der Waals surface area contributed by atoms with Gasteiger partial charge in [0.1, 0.15) is 13.2 Å². The Bertz CT molecular complexity index is 1180. The number of aromatic nitrogens is 1. The van der Waals surface area contributed by atoms with Crippen molar-refractivity contribution in [3.8, 4) is 22.8 Å². The summed E-state index contributed by atoms with van der Waals surface area (Å²) in [4.78, 5) is 17.7. The maximum Gasteiger partial charge on any atom is 0.252 e. The first-order chi connectivity index (χ1) is 14.3. The second-order valence-electron chi connectivity index (χ2n) is 6.74. The van der Waals surface area contributed by atoms with Crippen molar-refractivity contribution in [1.29, 1.82) is 0 Å². The molecule has 0 saturated heterocycles. The van der Waals surface area contributed by atoms with Gasteiger partial charge in [-0.3, -0.25) is 4.79 Å². The number of hydrogen-bond donors (Lipinski definition) is 1. The van der Waals surface area contributed by atoms with Crippen LogP contribution in [0.15, 0.2) is 71.5 Å². The van der Waals surface area contributed by atoms with Crippen LogP contribution in [-0.4, -0.2) is 24.1 Å². The molecule has 0 spiro atoms. The summed E-state index contributed by atoms with van der Waals surface area (Å²) < 4.78 is 16.3. The predicted molar refractivity (Wildman–Crippen MR) is 108 cm³/mol. The lowest BCUT2D eigenvalue weighted by Gasteiger charge is -2.19. The highest BCUT2D eigenvalue weighted by Crippen LogP contribution is 2.35. The van der Waals surface area contributed by atoms with Gasteiger partial charge in [-0.25, -0.2) is 4.98 Å². The van der Waals surface area contributed by atoms with Crippen LogP contribution >= 0.6 is 0 Å². The number of amides is 1. The molecule has 0 aliphatic carbocycles. The zero-order valence-corrected chi connectivity index (χ0v) is 15.6. The Morgan fingerprint density at radius 1 is 1.00 bits per heavy atom. The molecule has 6 heteroatoms. The molecule has 1 aliphatic rings. The Labute approximate surface area is 167 Å². The average Bonchev–Trinajstić information content (AvgIpc) is 3.30. The highest BCUT2D eigenvalue weighted by atomic mass is 16.6. The predicted octanol–water partition coefficient (Wildman–Crippen LogP) is 4.20. The summed E-state index contributed by atoms with van der Waals surface area (Å²) in [7, 11) is 0. The minimum atomic E-state index is -0.163. The minimum Gasteiger partial charge on any atom is -0.486 e. The molecule has 0 atom stereocenters. The van der Waals surface area contributed by atoms with Crippen molar-refractivity contribution >= 4 is 16.8 Å². The fraction of sp³-hybridized carbons (Fsp3) is 0.130. The van der Waals surface area contributed by atoms with E-state index in [1.54, 1.807) is 12.5 Å². The molecule has 0 unspecified atom stereocenters. The molecular weight excluding hydrogens is 368 g/mol. The maximum atomic E-state index is 13.0. The summed E-state index contributed by atoms with van der Waals surface area (Å²) in [6, 6.07) is 17.0. The Morgan fingerprint density at radius 3 is 2.72 bits per heavy atom.